The van der Waals surface area contributed by atoms with Crippen LogP contribution in [0.3, 0.4) is 0 Å². The quantitative estimate of drug-likeness (QED) is 0.833. The molecule has 116 valence electrons. The molecular weight excluding hydrogens is 256 g/mol. The molecule has 3 atom stereocenters. The summed E-state index contributed by atoms with van der Waals surface area (Å²) in [7, 11) is 0. The lowest BCUT2D eigenvalue weighted by molar-refractivity contribution is -0.141. The largest absolute Gasteiger partial charge is 0.481 e. The average molecular weight is 284 g/mol. The van der Waals surface area contributed by atoms with Gasteiger partial charge in [-0.05, 0) is 44.9 Å². The van der Waals surface area contributed by atoms with Gasteiger partial charge in [-0.1, -0.05) is 13.8 Å². The van der Waals surface area contributed by atoms with Gasteiger partial charge in [0.25, 0.3) is 0 Å². The zero-order chi connectivity index (χ0) is 15.3. The Balaban J connectivity index is 2.49. The van der Waals surface area contributed by atoms with Crippen LogP contribution in [0.1, 0.15) is 47.0 Å². The summed E-state index contributed by atoms with van der Waals surface area (Å²) in [5.74, 6) is -0.116. The summed E-state index contributed by atoms with van der Waals surface area (Å²) in [6, 6.07) is -0.487. The first-order valence-corrected chi connectivity index (χ1v) is 7.61. The first kappa shape index (κ1) is 16.8. The van der Waals surface area contributed by atoms with E-state index in [1.54, 1.807) is 13.8 Å². The lowest BCUT2D eigenvalue weighted by atomic mass is 9.89. The number of amides is 2. The van der Waals surface area contributed by atoms with Gasteiger partial charge in [0.1, 0.15) is 0 Å². The summed E-state index contributed by atoms with van der Waals surface area (Å²) >= 11 is 0. The maximum Gasteiger partial charge on any atom is 0.317 e. The van der Waals surface area contributed by atoms with Crippen molar-refractivity contribution < 1.29 is 14.7 Å². The molecule has 0 radical (unpaired) electrons. The van der Waals surface area contributed by atoms with E-state index >= 15 is 0 Å². The third-order valence-electron chi connectivity index (χ3n) is 4.49. The average Bonchev–Trinajstić information content (AvgIpc) is 2.63. The van der Waals surface area contributed by atoms with Gasteiger partial charge in [0.05, 0.1) is 5.92 Å². The second kappa shape index (κ2) is 7.50. The molecule has 0 bridgehead atoms. The minimum atomic E-state index is -0.881. The molecule has 1 aliphatic rings. The highest BCUT2D eigenvalue weighted by atomic mass is 16.4. The van der Waals surface area contributed by atoms with E-state index in [1.165, 1.54) is 6.42 Å². The number of carbonyl (C=O) groups excluding carboxylic acids is 1. The number of carboxylic acid groups (broad SMARTS) is 1. The molecule has 5 nitrogen and oxygen atoms in total. The molecule has 0 aromatic carbocycles. The molecule has 5 heteroatoms. The van der Waals surface area contributed by atoms with E-state index in [1.807, 2.05) is 4.90 Å². The van der Waals surface area contributed by atoms with E-state index in [-0.39, 0.29) is 12.1 Å². The van der Waals surface area contributed by atoms with Crippen LogP contribution in [-0.4, -0.2) is 41.1 Å². The van der Waals surface area contributed by atoms with E-state index < -0.39 is 11.9 Å². The van der Waals surface area contributed by atoms with Gasteiger partial charge in [0.15, 0.2) is 0 Å². The van der Waals surface area contributed by atoms with Gasteiger partial charge in [-0.15, -0.1) is 0 Å². The zero-order valence-electron chi connectivity index (χ0n) is 13.1. The molecule has 0 saturated carbocycles. The number of nitrogens with one attached hydrogen (secondary N) is 1. The maximum absolute atomic E-state index is 12.2. The number of carboxylic acids is 1. The van der Waals surface area contributed by atoms with E-state index in [0.717, 1.165) is 25.9 Å². The predicted molar refractivity (Wildman–Crippen MR) is 78.5 cm³/mol. The molecule has 2 N–H and O–H groups in total. The highest BCUT2D eigenvalue weighted by Crippen LogP contribution is 2.24. The highest BCUT2D eigenvalue weighted by molar-refractivity contribution is 5.76. The van der Waals surface area contributed by atoms with Crippen molar-refractivity contribution in [2.24, 2.45) is 17.8 Å². The van der Waals surface area contributed by atoms with Gasteiger partial charge in [-0.3, -0.25) is 4.79 Å². The van der Waals surface area contributed by atoms with Crippen molar-refractivity contribution in [2.75, 3.05) is 13.1 Å². The Morgan fingerprint density at radius 1 is 1.15 bits per heavy atom. The molecule has 20 heavy (non-hydrogen) atoms. The normalized spacial score (nSPS) is 23.1. The molecule has 1 heterocycles. The van der Waals surface area contributed by atoms with E-state index in [2.05, 4.69) is 19.2 Å². The fourth-order valence-electron chi connectivity index (χ4n) is 2.62. The Bertz CT molecular complexity index is 344. The Morgan fingerprint density at radius 3 is 2.35 bits per heavy atom. The fraction of sp³-hybridized carbons (Fsp3) is 0.867. The number of nitrogens with zero attached hydrogens (tertiary/aromatic N) is 1. The lowest BCUT2D eigenvalue weighted by Gasteiger charge is -2.25. The number of hydrogen-bond donors (Lipinski definition) is 2. The van der Waals surface area contributed by atoms with Crippen molar-refractivity contribution in [3.63, 3.8) is 0 Å². The van der Waals surface area contributed by atoms with Crippen LogP contribution >= 0.6 is 0 Å². The molecule has 1 aliphatic heterocycles. The van der Waals surface area contributed by atoms with Crippen LogP contribution in [0.15, 0.2) is 0 Å². The van der Waals surface area contributed by atoms with E-state index in [9.17, 15) is 9.59 Å². The molecule has 1 saturated heterocycles. The monoisotopic (exact) mass is 284 g/mol. The standard InChI is InChI=1S/C15H28N2O3/c1-10(2)13-6-5-8-17(9-7-13)15(20)16-12(4)11(3)14(18)19/h10-13H,5-9H2,1-4H3,(H,16,20)(H,18,19). The molecule has 0 aromatic heterocycles. The van der Waals surface area contributed by atoms with Crippen LogP contribution in [0, 0.1) is 17.8 Å². The first-order chi connectivity index (χ1) is 9.32. The Hall–Kier alpha value is -1.26. The van der Waals surface area contributed by atoms with Crippen LogP contribution in [0.5, 0.6) is 0 Å². The molecule has 2 amide bonds. The Morgan fingerprint density at radius 2 is 1.80 bits per heavy atom. The van der Waals surface area contributed by atoms with Gasteiger partial charge < -0.3 is 15.3 Å². The maximum atomic E-state index is 12.2. The molecule has 0 spiro atoms. The van der Waals surface area contributed by atoms with Crippen molar-refractivity contribution in [3.05, 3.63) is 0 Å². The van der Waals surface area contributed by atoms with Crippen LogP contribution < -0.4 is 5.32 Å². The van der Waals surface area contributed by atoms with Crippen LogP contribution in [0.2, 0.25) is 0 Å². The first-order valence-electron chi connectivity index (χ1n) is 7.61. The van der Waals surface area contributed by atoms with Crippen molar-refractivity contribution in [3.8, 4) is 0 Å². The Labute approximate surface area is 121 Å². The second-order valence-corrected chi connectivity index (χ2v) is 6.29. The second-order valence-electron chi connectivity index (χ2n) is 6.29. The Kier molecular flexibility index (Phi) is 6.30. The fourth-order valence-corrected chi connectivity index (χ4v) is 2.62. The summed E-state index contributed by atoms with van der Waals surface area (Å²) in [5, 5.41) is 11.8. The van der Waals surface area contributed by atoms with Gasteiger partial charge in [0.2, 0.25) is 0 Å². The van der Waals surface area contributed by atoms with Crippen molar-refractivity contribution >= 4 is 12.0 Å². The third kappa shape index (κ3) is 4.69. The molecular formula is C15H28N2O3. The van der Waals surface area contributed by atoms with Crippen LogP contribution in [0.25, 0.3) is 0 Å². The van der Waals surface area contributed by atoms with Crippen molar-refractivity contribution in [2.45, 2.75) is 53.0 Å². The van der Waals surface area contributed by atoms with E-state index in [4.69, 9.17) is 5.11 Å². The molecule has 1 rings (SSSR count). The third-order valence-corrected chi connectivity index (χ3v) is 4.49. The van der Waals surface area contributed by atoms with Gasteiger partial charge >= 0.3 is 12.0 Å². The summed E-state index contributed by atoms with van der Waals surface area (Å²) in [6.07, 6.45) is 3.23. The lowest BCUT2D eigenvalue weighted by Crippen LogP contribution is -2.47. The molecule has 3 unspecified atom stereocenters. The summed E-state index contributed by atoms with van der Waals surface area (Å²) in [4.78, 5) is 24.9. The van der Waals surface area contributed by atoms with Gasteiger partial charge in [0, 0.05) is 19.1 Å². The minimum absolute atomic E-state index is 0.130. The summed E-state index contributed by atoms with van der Waals surface area (Å²) in [5.41, 5.74) is 0. The highest BCUT2D eigenvalue weighted by Gasteiger charge is 2.26. The topological polar surface area (TPSA) is 69.6 Å². The minimum Gasteiger partial charge on any atom is -0.481 e. The number of carbonyl (C=O) groups is 2. The predicted octanol–water partition coefficient (Wildman–Crippen LogP) is 2.56. The number of aliphatic carboxylic acids is 1. The van der Waals surface area contributed by atoms with Gasteiger partial charge in [-0.2, -0.15) is 0 Å². The van der Waals surface area contributed by atoms with Crippen molar-refractivity contribution in [1.82, 2.24) is 10.2 Å². The zero-order valence-corrected chi connectivity index (χ0v) is 13.1. The summed E-state index contributed by atoms with van der Waals surface area (Å²) < 4.78 is 0. The van der Waals surface area contributed by atoms with Crippen LogP contribution in [0.4, 0.5) is 4.79 Å². The molecule has 0 aliphatic carbocycles. The number of likely N-dealkylation sites (tertiary alicyclic amines) is 1. The van der Waals surface area contributed by atoms with E-state index in [0.29, 0.717) is 11.8 Å². The molecule has 1 fully saturated rings. The van der Waals surface area contributed by atoms with Crippen molar-refractivity contribution in [1.29, 1.82) is 0 Å². The molecule has 0 aromatic rings. The smallest absolute Gasteiger partial charge is 0.317 e. The number of rotatable bonds is 4. The number of hydrogen-bond acceptors (Lipinski definition) is 2. The SMILES string of the molecule is CC(C)C1CCCN(C(=O)NC(C)C(C)C(=O)O)CC1. The summed E-state index contributed by atoms with van der Waals surface area (Å²) in [6.45, 7) is 9.36. The number of urea groups is 1. The van der Waals surface area contributed by atoms with Gasteiger partial charge in [-0.25, -0.2) is 4.79 Å². The van der Waals surface area contributed by atoms with Crippen LogP contribution in [-0.2, 0) is 4.79 Å².